The molecule has 0 fully saturated rings. The number of halogens is 1. The predicted molar refractivity (Wildman–Crippen MR) is 73.5 cm³/mol. The van der Waals surface area contributed by atoms with Gasteiger partial charge in [0.05, 0.1) is 16.9 Å². The summed E-state index contributed by atoms with van der Waals surface area (Å²) in [5, 5.41) is 10.3. The average molecular weight is 285 g/mol. The van der Waals surface area contributed by atoms with Crippen LogP contribution in [0.5, 0.6) is 0 Å². The number of nitrogens with one attached hydrogen (secondary N) is 1. The number of nitrogens with zero attached hydrogens (tertiary/aromatic N) is 3. The maximum atomic E-state index is 11.7. The minimum absolute atomic E-state index is 0.186. The lowest BCUT2D eigenvalue weighted by Gasteiger charge is -2.08. The molecule has 0 saturated heterocycles. The smallest absolute Gasteiger partial charge is 0.287 e. The zero-order chi connectivity index (χ0) is 13.0. The van der Waals surface area contributed by atoms with Crippen LogP contribution >= 0.6 is 22.9 Å². The molecule has 2 aromatic heterocycles. The van der Waals surface area contributed by atoms with Gasteiger partial charge in [0.2, 0.25) is 0 Å². The molecule has 0 aromatic carbocycles. The third kappa shape index (κ3) is 2.88. The second-order valence-corrected chi connectivity index (χ2v) is 4.95. The summed E-state index contributed by atoms with van der Waals surface area (Å²) in [6.45, 7) is 3.03. The van der Waals surface area contributed by atoms with Gasteiger partial charge in [-0.15, -0.1) is 11.3 Å². The van der Waals surface area contributed by atoms with Gasteiger partial charge in [-0.3, -0.25) is 4.79 Å². The van der Waals surface area contributed by atoms with E-state index >= 15 is 0 Å². The van der Waals surface area contributed by atoms with Crippen molar-refractivity contribution in [3.8, 4) is 0 Å². The monoisotopic (exact) mass is 284 g/mol. The Hall–Kier alpha value is -1.40. The summed E-state index contributed by atoms with van der Waals surface area (Å²) < 4.78 is 1.33. The highest BCUT2D eigenvalue weighted by molar-refractivity contribution is 7.09. The third-order valence-electron chi connectivity index (χ3n) is 2.42. The van der Waals surface area contributed by atoms with E-state index in [1.54, 1.807) is 23.7 Å². The molecule has 0 spiro atoms. The molecule has 7 heteroatoms. The molecule has 0 unspecified atom stereocenters. The minimum atomic E-state index is -0.265. The Morgan fingerprint density at radius 1 is 1.56 bits per heavy atom. The number of thiazole rings is 1. The van der Waals surface area contributed by atoms with Gasteiger partial charge < -0.3 is 5.32 Å². The van der Waals surface area contributed by atoms with Crippen molar-refractivity contribution in [2.24, 2.45) is 0 Å². The molecular formula is C11H13ClN4OS. The molecule has 0 aliphatic heterocycles. The van der Waals surface area contributed by atoms with Crippen LogP contribution in [-0.4, -0.2) is 21.3 Å². The number of aryl methyl sites for hydroxylation is 1. The molecule has 2 rings (SSSR count). The van der Waals surface area contributed by atoms with Gasteiger partial charge in [-0.25, -0.2) is 9.67 Å². The maximum absolute atomic E-state index is 11.7. The van der Waals surface area contributed by atoms with Gasteiger partial charge in [0.1, 0.15) is 5.02 Å². The molecule has 0 saturated carbocycles. The first-order valence-electron chi connectivity index (χ1n) is 5.60. The van der Waals surface area contributed by atoms with Crippen LogP contribution in [0, 0.1) is 0 Å². The van der Waals surface area contributed by atoms with E-state index in [0.717, 1.165) is 11.4 Å². The Kier molecular flexibility index (Phi) is 4.33. The molecule has 2 heterocycles. The van der Waals surface area contributed by atoms with Gasteiger partial charge in [0.25, 0.3) is 5.56 Å². The summed E-state index contributed by atoms with van der Waals surface area (Å²) in [5.41, 5.74) is 0.307. The second-order valence-electron chi connectivity index (χ2n) is 3.60. The highest BCUT2D eigenvalue weighted by Gasteiger charge is 2.07. The van der Waals surface area contributed by atoms with Crippen LogP contribution in [0.4, 0.5) is 5.69 Å². The van der Waals surface area contributed by atoms with E-state index in [9.17, 15) is 4.79 Å². The number of aromatic nitrogens is 3. The first-order chi connectivity index (χ1) is 8.72. The molecule has 0 aliphatic rings. The molecule has 1 N–H and O–H groups in total. The van der Waals surface area contributed by atoms with E-state index in [-0.39, 0.29) is 10.6 Å². The normalized spacial score (nSPS) is 10.6. The van der Waals surface area contributed by atoms with Crippen molar-refractivity contribution in [3.63, 3.8) is 0 Å². The highest BCUT2D eigenvalue weighted by atomic mass is 35.5. The lowest BCUT2D eigenvalue weighted by atomic mass is 10.4. The van der Waals surface area contributed by atoms with E-state index in [1.807, 2.05) is 12.3 Å². The molecule has 0 aliphatic carbocycles. The van der Waals surface area contributed by atoms with Crippen LogP contribution in [0.2, 0.25) is 5.02 Å². The van der Waals surface area contributed by atoms with Gasteiger partial charge in [-0.1, -0.05) is 11.6 Å². The van der Waals surface area contributed by atoms with Crippen molar-refractivity contribution in [1.29, 1.82) is 0 Å². The van der Waals surface area contributed by atoms with E-state index < -0.39 is 0 Å². The summed E-state index contributed by atoms with van der Waals surface area (Å²) in [6.07, 6.45) is 4.15. The fourth-order valence-corrected chi connectivity index (χ4v) is 2.33. The van der Waals surface area contributed by atoms with Crippen LogP contribution in [0.25, 0.3) is 0 Å². The van der Waals surface area contributed by atoms with Gasteiger partial charge >= 0.3 is 0 Å². The zero-order valence-corrected chi connectivity index (χ0v) is 11.5. The Labute approximate surface area is 113 Å². The summed E-state index contributed by atoms with van der Waals surface area (Å²) in [6, 6.07) is 0. The summed E-state index contributed by atoms with van der Waals surface area (Å²) in [5.74, 6) is 0. The standard InChI is InChI=1S/C11H13ClN4OS/c1-2-16-11(17)10(12)8(7-15-16)13-4-3-9-14-5-6-18-9/h5-7,13H,2-4H2,1H3. The minimum Gasteiger partial charge on any atom is -0.382 e. The molecule has 0 radical (unpaired) electrons. The maximum Gasteiger partial charge on any atom is 0.287 e. The fraction of sp³-hybridized carbons (Fsp3) is 0.364. The lowest BCUT2D eigenvalue weighted by Crippen LogP contribution is -2.23. The first-order valence-corrected chi connectivity index (χ1v) is 6.86. The van der Waals surface area contributed by atoms with Crippen molar-refractivity contribution in [2.45, 2.75) is 19.9 Å². The van der Waals surface area contributed by atoms with E-state index in [0.29, 0.717) is 18.8 Å². The van der Waals surface area contributed by atoms with E-state index in [1.165, 1.54) is 4.68 Å². The van der Waals surface area contributed by atoms with Crippen LogP contribution < -0.4 is 10.9 Å². The van der Waals surface area contributed by atoms with Crippen molar-refractivity contribution >= 4 is 28.6 Å². The number of hydrogen-bond acceptors (Lipinski definition) is 5. The topological polar surface area (TPSA) is 59.8 Å². The van der Waals surface area contributed by atoms with Crippen LogP contribution in [0.1, 0.15) is 11.9 Å². The van der Waals surface area contributed by atoms with E-state index in [4.69, 9.17) is 11.6 Å². The van der Waals surface area contributed by atoms with Crippen molar-refractivity contribution in [2.75, 3.05) is 11.9 Å². The molecule has 96 valence electrons. The molecule has 18 heavy (non-hydrogen) atoms. The third-order valence-corrected chi connectivity index (χ3v) is 3.63. The van der Waals surface area contributed by atoms with Gasteiger partial charge in [0, 0.05) is 31.1 Å². The van der Waals surface area contributed by atoms with Gasteiger partial charge in [-0.05, 0) is 6.92 Å². The van der Waals surface area contributed by atoms with Crippen LogP contribution in [0.15, 0.2) is 22.6 Å². The highest BCUT2D eigenvalue weighted by Crippen LogP contribution is 2.15. The first kappa shape index (κ1) is 13.0. The molecule has 0 atom stereocenters. The Morgan fingerprint density at radius 3 is 3.06 bits per heavy atom. The lowest BCUT2D eigenvalue weighted by molar-refractivity contribution is 0.616. The SMILES string of the molecule is CCn1ncc(NCCc2nccs2)c(Cl)c1=O. The van der Waals surface area contributed by atoms with Gasteiger partial charge in [0.15, 0.2) is 0 Å². The summed E-state index contributed by atoms with van der Waals surface area (Å²) >= 11 is 7.59. The van der Waals surface area contributed by atoms with Crippen molar-refractivity contribution in [1.82, 2.24) is 14.8 Å². The number of hydrogen-bond donors (Lipinski definition) is 1. The molecule has 5 nitrogen and oxygen atoms in total. The molecule has 2 aromatic rings. The number of rotatable bonds is 5. The van der Waals surface area contributed by atoms with E-state index in [2.05, 4.69) is 15.4 Å². The Bertz CT molecular complexity index is 567. The van der Waals surface area contributed by atoms with Crippen LogP contribution in [-0.2, 0) is 13.0 Å². The fourth-order valence-electron chi connectivity index (χ4n) is 1.49. The molecule has 0 amide bonds. The Morgan fingerprint density at radius 2 is 2.39 bits per heavy atom. The van der Waals surface area contributed by atoms with Crippen molar-refractivity contribution in [3.05, 3.63) is 38.2 Å². The molecule has 0 bridgehead atoms. The predicted octanol–water partition coefficient (Wildman–Crippen LogP) is 2.03. The zero-order valence-electron chi connectivity index (χ0n) is 9.89. The molecular weight excluding hydrogens is 272 g/mol. The van der Waals surface area contributed by atoms with Crippen LogP contribution in [0.3, 0.4) is 0 Å². The average Bonchev–Trinajstić information content (AvgIpc) is 2.88. The van der Waals surface area contributed by atoms with Gasteiger partial charge in [-0.2, -0.15) is 5.10 Å². The summed E-state index contributed by atoms with van der Waals surface area (Å²) in [4.78, 5) is 15.9. The van der Waals surface area contributed by atoms with Crippen molar-refractivity contribution < 1.29 is 0 Å². The summed E-state index contributed by atoms with van der Waals surface area (Å²) in [7, 11) is 0. The second kappa shape index (κ2) is 5.97. The number of anilines is 1. The Balaban J connectivity index is 2.02. The quantitative estimate of drug-likeness (QED) is 0.913. The largest absolute Gasteiger partial charge is 0.382 e.